The molecule has 1 aliphatic heterocycles. The van der Waals surface area contributed by atoms with Gasteiger partial charge in [0.25, 0.3) is 5.91 Å². The van der Waals surface area contributed by atoms with E-state index in [2.05, 4.69) is 5.10 Å². The molecule has 1 fully saturated rings. The maximum atomic E-state index is 12.6. The van der Waals surface area contributed by atoms with Crippen LogP contribution in [0.1, 0.15) is 11.3 Å². The second-order valence-corrected chi connectivity index (χ2v) is 7.34. The smallest absolute Gasteiger partial charge is 0.433 e. The van der Waals surface area contributed by atoms with E-state index in [1.54, 1.807) is 31.4 Å². The second kappa shape index (κ2) is 9.37. The Morgan fingerprint density at radius 3 is 2.73 bits per heavy atom. The summed E-state index contributed by atoms with van der Waals surface area (Å²) in [5, 5.41) is 15.9. The van der Waals surface area contributed by atoms with Crippen LogP contribution in [0, 0.1) is 10.1 Å². The maximum Gasteiger partial charge on any atom is 0.433 e. The molecular formula is C19H15N3O6S2. The number of allylic oxidation sites excluding steroid dienone is 2. The first kappa shape index (κ1) is 21.3. The van der Waals surface area contributed by atoms with E-state index >= 15 is 0 Å². The number of carbonyl (C=O) groups is 1. The van der Waals surface area contributed by atoms with E-state index in [1.807, 2.05) is 0 Å². The van der Waals surface area contributed by atoms with Crippen LogP contribution in [0.5, 0.6) is 11.5 Å². The lowest BCUT2D eigenvalue weighted by molar-refractivity contribution is -0.402. The molecule has 154 valence electrons. The van der Waals surface area contributed by atoms with Gasteiger partial charge in [-0.3, -0.25) is 14.9 Å². The molecule has 0 spiro atoms. The number of thiocarbonyl (C=S) groups is 1. The molecule has 0 aliphatic carbocycles. The van der Waals surface area contributed by atoms with Crippen LogP contribution < -0.4 is 9.47 Å². The van der Waals surface area contributed by atoms with Crippen molar-refractivity contribution in [2.75, 3.05) is 14.2 Å². The van der Waals surface area contributed by atoms with Gasteiger partial charge < -0.3 is 13.9 Å². The lowest BCUT2D eigenvalue weighted by atomic mass is 10.2. The molecule has 1 amide bonds. The summed E-state index contributed by atoms with van der Waals surface area (Å²) in [5.74, 6) is 0.715. The molecule has 2 heterocycles. The molecule has 0 bridgehead atoms. The molecule has 0 saturated carbocycles. The summed E-state index contributed by atoms with van der Waals surface area (Å²) >= 11 is 6.32. The average Bonchev–Trinajstić information content (AvgIpc) is 3.31. The van der Waals surface area contributed by atoms with Crippen LogP contribution in [0.25, 0.3) is 6.08 Å². The Balaban J connectivity index is 1.72. The summed E-state index contributed by atoms with van der Waals surface area (Å²) < 4.78 is 15.8. The summed E-state index contributed by atoms with van der Waals surface area (Å²) in [6.45, 7) is 0. The van der Waals surface area contributed by atoms with Gasteiger partial charge in [0.2, 0.25) is 0 Å². The predicted octanol–water partition coefficient (Wildman–Crippen LogP) is 4.00. The zero-order valence-electron chi connectivity index (χ0n) is 15.8. The second-order valence-electron chi connectivity index (χ2n) is 5.66. The lowest BCUT2D eigenvalue weighted by Crippen LogP contribution is -2.22. The molecule has 0 atom stereocenters. The van der Waals surface area contributed by atoms with Crippen LogP contribution in [0.3, 0.4) is 0 Å². The Morgan fingerprint density at radius 1 is 1.27 bits per heavy atom. The summed E-state index contributed by atoms with van der Waals surface area (Å²) in [7, 11) is 3.07. The van der Waals surface area contributed by atoms with Crippen LogP contribution in [-0.4, -0.2) is 40.6 Å². The van der Waals surface area contributed by atoms with E-state index in [4.69, 9.17) is 26.1 Å². The molecule has 0 radical (unpaired) electrons. The first-order valence-corrected chi connectivity index (χ1v) is 9.60. The highest BCUT2D eigenvalue weighted by molar-refractivity contribution is 8.26. The van der Waals surface area contributed by atoms with E-state index < -0.39 is 4.92 Å². The van der Waals surface area contributed by atoms with Gasteiger partial charge in [-0.1, -0.05) is 17.8 Å². The number of hydrazone groups is 1. The first-order chi connectivity index (χ1) is 14.4. The molecule has 2 aromatic rings. The van der Waals surface area contributed by atoms with Crippen LogP contribution in [0.15, 0.2) is 56.9 Å². The zero-order valence-corrected chi connectivity index (χ0v) is 17.4. The molecule has 9 nitrogen and oxygen atoms in total. The van der Waals surface area contributed by atoms with Crippen LogP contribution in [-0.2, 0) is 4.79 Å². The third kappa shape index (κ3) is 4.75. The summed E-state index contributed by atoms with van der Waals surface area (Å²) in [4.78, 5) is 22.9. The number of nitrogens with zero attached hydrogens (tertiary/aromatic N) is 3. The number of furan rings is 1. The number of methoxy groups -OCH3 is 2. The monoisotopic (exact) mass is 445 g/mol. The molecule has 1 aromatic heterocycles. The summed E-state index contributed by atoms with van der Waals surface area (Å²) in [6, 6.07) is 7.91. The van der Waals surface area contributed by atoms with Gasteiger partial charge in [-0.05, 0) is 42.6 Å². The average molecular weight is 445 g/mol. The van der Waals surface area contributed by atoms with Gasteiger partial charge in [-0.25, -0.2) is 0 Å². The molecule has 1 saturated heterocycles. The third-order valence-corrected chi connectivity index (χ3v) is 5.13. The van der Waals surface area contributed by atoms with Crippen molar-refractivity contribution < 1.29 is 23.6 Å². The minimum absolute atomic E-state index is 0.275. The normalized spacial score (nSPS) is 15.7. The minimum atomic E-state index is -0.627. The number of ether oxygens (including phenoxy) is 2. The highest BCUT2D eigenvalue weighted by Gasteiger charge is 2.31. The highest BCUT2D eigenvalue weighted by Crippen LogP contribution is 2.31. The van der Waals surface area contributed by atoms with E-state index in [-0.39, 0.29) is 21.9 Å². The number of amides is 1. The quantitative estimate of drug-likeness (QED) is 0.207. The summed E-state index contributed by atoms with van der Waals surface area (Å²) in [5.41, 5.74) is 0.649. The Bertz CT molecular complexity index is 1090. The van der Waals surface area contributed by atoms with E-state index in [9.17, 15) is 14.9 Å². The fourth-order valence-electron chi connectivity index (χ4n) is 2.38. The van der Waals surface area contributed by atoms with E-state index in [0.717, 1.165) is 16.8 Å². The molecule has 0 N–H and O–H groups in total. The van der Waals surface area contributed by atoms with Gasteiger partial charge in [-0.15, -0.1) is 0 Å². The van der Waals surface area contributed by atoms with Crippen LogP contribution in [0.4, 0.5) is 5.88 Å². The number of thioether (sulfide) groups is 1. The number of rotatable bonds is 7. The Kier molecular flexibility index (Phi) is 6.65. The Morgan fingerprint density at radius 2 is 2.07 bits per heavy atom. The van der Waals surface area contributed by atoms with Gasteiger partial charge in [0.1, 0.15) is 22.2 Å². The molecular weight excluding hydrogens is 430 g/mol. The van der Waals surface area contributed by atoms with Gasteiger partial charge in [0, 0.05) is 11.6 Å². The predicted molar refractivity (Wildman–Crippen MR) is 117 cm³/mol. The topological polar surface area (TPSA) is 107 Å². The summed E-state index contributed by atoms with van der Waals surface area (Å²) in [6.07, 6.45) is 6.07. The fraction of sp³-hybridized carbons (Fsp3) is 0.105. The maximum absolute atomic E-state index is 12.6. The molecule has 1 aromatic carbocycles. The van der Waals surface area contributed by atoms with Crippen molar-refractivity contribution in [3.63, 3.8) is 0 Å². The van der Waals surface area contributed by atoms with E-state index in [0.29, 0.717) is 22.0 Å². The highest BCUT2D eigenvalue weighted by atomic mass is 32.2. The van der Waals surface area contributed by atoms with Crippen molar-refractivity contribution in [1.29, 1.82) is 0 Å². The Labute approximate surface area is 180 Å². The van der Waals surface area contributed by atoms with Gasteiger partial charge in [0.05, 0.1) is 31.4 Å². The fourth-order valence-corrected chi connectivity index (χ4v) is 3.50. The van der Waals surface area contributed by atoms with Gasteiger partial charge >= 0.3 is 5.88 Å². The Hall–Kier alpha value is -3.44. The molecule has 0 unspecified atom stereocenters. The van der Waals surface area contributed by atoms with E-state index in [1.165, 1.54) is 37.6 Å². The van der Waals surface area contributed by atoms with Crippen molar-refractivity contribution in [2.45, 2.75) is 0 Å². The zero-order chi connectivity index (χ0) is 21.7. The molecule has 1 aliphatic rings. The third-order valence-electron chi connectivity index (χ3n) is 3.83. The van der Waals surface area contributed by atoms with Crippen LogP contribution >= 0.6 is 24.0 Å². The number of hydrogen-bond donors (Lipinski definition) is 0. The number of benzene rings is 1. The van der Waals surface area contributed by atoms with Crippen LogP contribution in [0.2, 0.25) is 0 Å². The minimum Gasteiger partial charge on any atom is -0.497 e. The standard InChI is InChI=1S/C19H15N3O6S2/c1-26-14-7-6-12(15(10-14)27-2)11-20-21-18(23)16(30-19(21)29)5-3-4-13-8-9-17(28-13)22(24)25/h3-11H,1-2H3/b4-3+,16-5+,20-11+. The van der Waals surface area contributed by atoms with Crippen molar-refractivity contribution in [1.82, 2.24) is 5.01 Å². The molecule has 30 heavy (non-hydrogen) atoms. The first-order valence-electron chi connectivity index (χ1n) is 8.38. The van der Waals surface area contributed by atoms with Crippen molar-refractivity contribution >= 4 is 52.4 Å². The van der Waals surface area contributed by atoms with Crippen molar-refractivity contribution in [3.8, 4) is 11.5 Å². The lowest BCUT2D eigenvalue weighted by Gasteiger charge is -2.09. The SMILES string of the molecule is COc1ccc(/C=N/N2C(=O)/C(=C\C=C\c3ccc([N+](=O)[O-])o3)SC2=S)c(OC)c1. The molecule has 11 heteroatoms. The van der Waals surface area contributed by atoms with Crippen molar-refractivity contribution in [3.05, 3.63) is 68.8 Å². The van der Waals surface area contributed by atoms with Gasteiger partial charge in [0.15, 0.2) is 4.32 Å². The number of nitro groups is 1. The largest absolute Gasteiger partial charge is 0.497 e. The molecule has 3 rings (SSSR count). The van der Waals surface area contributed by atoms with Gasteiger partial charge in [-0.2, -0.15) is 10.1 Å². The number of carbonyl (C=O) groups excluding carboxylic acids is 1. The number of hydrogen-bond acceptors (Lipinski definition) is 9. The van der Waals surface area contributed by atoms with Crippen molar-refractivity contribution in [2.24, 2.45) is 5.10 Å².